The molecular formula is C11H16N4O2S. The molecule has 98 valence electrons. The molecule has 0 fully saturated rings. The molecular weight excluding hydrogens is 252 g/mol. The molecule has 2 aromatic rings. The third-order valence-corrected chi connectivity index (χ3v) is 3.43. The van der Waals surface area contributed by atoms with Crippen LogP contribution < -0.4 is 0 Å². The van der Waals surface area contributed by atoms with E-state index >= 15 is 0 Å². The van der Waals surface area contributed by atoms with Crippen molar-refractivity contribution in [1.29, 1.82) is 0 Å². The van der Waals surface area contributed by atoms with Crippen molar-refractivity contribution < 1.29 is 8.42 Å². The fraction of sp³-hybridized carbons (Fsp3) is 0.545. The zero-order chi connectivity index (χ0) is 13.5. The molecule has 2 heterocycles. The first-order chi connectivity index (χ1) is 8.29. The van der Waals surface area contributed by atoms with Gasteiger partial charge in [-0.25, -0.2) is 18.4 Å². The maximum absolute atomic E-state index is 11.5. The van der Waals surface area contributed by atoms with E-state index in [1.807, 2.05) is 0 Å². The van der Waals surface area contributed by atoms with Gasteiger partial charge in [0.05, 0.1) is 11.9 Å². The van der Waals surface area contributed by atoms with Crippen LogP contribution in [0.1, 0.15) is 19.5 Å². The highest BCUT2D eigenvalue weighted by molar-refractivity contribution is 7.90. The molecule has 0 aliphatic rings. The lowest BCUT2D eigenvalue weighted by molar-refractivity contribution is 0.593. The molecule has 0 saturated heterocycles. The summed E-state index contributed by atoms with van der Waals surface area (Å²) in [5, 5.41) is 4.23. The molecule has 0 aliphatic heterocycles. The van der Waals surface area contributed by atoms with Crippen LogP contribution in [0.15, 0.2) is 11.4 Å². The van der Waals surface area contributed by atoms with Crippen LogP contribution in [-0.4, -0.2) is 34.4 Å². The first kappa shape index (κ1) is 12.9. The van der Waals surface area contributed by atoms with E-state index in [1.165, 1.54) is 6.20 Å². The minimum atomic E-state index is -3.39. The SMILES string of the molecule is CC(C)Cc1nn(C)c2cnc(S(C)(=O)=O)nc12. The Morgan fingerprint density at radius 2 is 2.06 bits per heavy atom. The van der Waals surface area contributed by atoms with Crippen LogP contribution in [0, 0.1) is 5.92 Å². The lowest BCUT2D eigenvalue weighted by atomic mass is 10.1. The Kier molecular flexibility index (Phi) is 3.10. The van der Waals surface area contributed by atoms with Gasteiger partial charge < -0.3 is 0 Å². The van der Waals surface area contributed by atoms with Gasteiger partial charge in [-0.2, -0.15) is 5.10 Å². The maximum atomic E-state index is 11.5. The minimum absolute atomic E-state index is 0.145. The molecule has 2 rings (SSSR count). The van der Waals surface area contributed by atoms with Crippen LogP contribution in [0.3, 0.4) is 0 Å². The zero-order valence-electron chi connectivity index (χ0n) is 10.9. The third kappa shape index (κ3) is 2.35. The molecule has 0 aromatic carbocycles. The van der Waals surface area contributed by atoms with E-state index in [0.717, 1.165) is 23.9 Å². The average molecular weight is 268 g/mol. The van der Waals surface area contributed by atoms with E-state index in [-0.39, 0.29) is 5.16 Å². The smallest absolute Gasteiger partial charge is 0.247 e. The highest BCUT2D eigenvalue weighted by Gasteiger charge is 2.17. The maximum Gasteiger partial charge on any atom is 0.247 e. The summed E-state index contributed by atoms with van der Waals surface area (Å²) in [6, 6.07) is 0. The lowest BCUT2D eigenvalue weighted by Crippen LogP contribution is -2.04. The molecule has 7 heteroatoms. The Morgan fingerprint density at radius 1 is 1.39 bits per heavy atom. The summed E-state index contributed by atoms with van der Waals surface area (Å²) in [5.74, 6) is 0.430. The topological polar surface area (TPSA) is 77.7 Å². The van der Waals surface area contributed by atoms with Crippen molar-refractivity contribution >= 4 is 20.9 Å². The predicted molar refractivity (Wildman–Crippen MR) is 68.0 cm³/mol. The van der Waals surface area contributed by atoms with E-state index in [2.05, 4.69) is 28.9 Å². The molecule has 2 aromatic heterocycles. The number of aromatic nitrogens is 4. The Balaban J connectivity index is 2.66. The molecule has 0 spiro atoms. The van der Waals surface area contributed by atoms with E-state index < -0.39 is 9.84 Å². The van der Waals surface area contributed by atoms with E-state index in [1.54, 1.807) is 11.7 Å². The van der Waals surface area contributed by atoms with E-state index in [9.17, 15) is 8.42 Å². The van der Waals surface area contributed by atoms with Crippen molar-refractivity contribution in [2.75, 3.05) is 6.26 Å². The van der Waals surface area contributed by atoms with Crippen LogP contribution in [-0.2, 0) is 23.3 Å². The second-order valence-corrected chi connectivity index (χ2v) is 6.74. The normalized spacial score (nSPS) is 12.5. The lowest BCUT2D eigenvalue weighted by Gasteiger charge is -2.01. The molecule has 0 radical (unpaired) electrons. The highest BCUT2D eigenvalue weighted by atomic mass is 32.2. The van der Waals surface area contributed by atoms with Gasteiger partial charge in [0.15, 0.2) is 0 Å². The number of hydrogen-bond donors (Lipinski definition) is 0. The standard InChI is InChI=1S/C11H16N4O2S/c1-7(2)5-8-10-9(15(3)14-8)6-12-11(13-10)18(4,16)17/h6-7H,5H2,1-4H3. The zero-order valence-corrected chi connectivity index (χ0v) is 11.7. The summed E-state index contributed by atoms with van der Waals surface area (Å²) in [4.78, 5) is 8.01. The number of fused-ring (bicyclic) bond motifs is 1. The van der Waals surface area contributed by atoms with Crippen LogP contribution in [0.2, 0.25) is 0 Å². The van der Waals surface area contributed by atoms with Gasteiger partial charge in [0.25, 0.3) is 0 Å². The molecule has 0 unspecified atom stereocenters. The van der Waals surface area contributed by atoms with Crippen LogP contribution in [0.5, 0.6) is 0 Å². The van der Waals surface area contributed by atoms with Crippen LogP contribution in [0.25, 0.3) is 11.0 Å². The average Bonchev–Trinajstić information content (AvgIpc) is 2.53. The Labute approximate surface area is 106 Å². The van der Waals surface area contributed by atoms with Crippen molar-refractivity contribution in [3.63, 3.8) is 0 Å². The first-order valence-electron chi connectivity index (χ1n) is 5.67. The van der Waals surface area contributed by atoms with Gasteiger partial charge in [0.2, 0.25) is 15.0 Å². The molecule has 0 N–H and O–H groups in total. The van der Waals surface area contributed by atoms with Crippen molar-refractivity contribution in [2.45, 2.75) is 25.4 Å². The Bertz CT molecular complexity index is 688. The third-order valence-electron chi connectivity index (χ3n) is 2.57. The van der Waals surface area contributed by atoms with Crippen molar-refractivity contribution in [1.82, 2.24) is 19.7 Å². The van der Waals surface area contributed by atoms with Gasteiger partial charge in [-0.05, 0) is 12.3 Å². The van der Waals surface area contributed by atoms with Crippen molar-refractivity contribution in [2.24, 2.45) is 13.0 Å². The van der Waals surface area contributed by atoms with Crippen LogP contribution in [0.4, 0.5) is 0 Å². The molecule has 0 aliphatic carbocycles. The summed E-state index contributed by atoms with van der Waals surface area (Å²) in [7, 11) is -1.59. The quantitative estimate of drug-likeness (QED) is 0.775. The van der Waals surface area contributed by atoms with Gasteiger partial charge in [-0.15, -0.1) is 0 Å². The second kappa shape index (κ2) is 4.31. The molecule has 0 bridgehead atoms. The molecule has 6 nitrogen and oxygen atoms in total. The predicted octanol–water partition coefficient (Wildman–Crippen LogP) is 0.965. The molecule has 0 saturated carbocycles. The summed E-state index contributed by atoms with van der Waals surface area (Å²) in [6.45, 7) is 4.17. The number of aryl methyl sites for hydroxylation is 1. The summed E-state index contributed by atoms with van der Waals surface area (Å²) in [6.07, 6.45) is 3.37. The van der Waals surface area contributed by atoms with Gasteiger partial charge in [0, 0.05) is 13.3 Å². The Morgan fingerprint density at radius 3 is 2.61 bits per heavy atom. The fourth-order valence-electron chi connectivity index (χ4n) is 1.79. The molecule has 0 amide bonds. The Hall–Kier alpha value is -1.50. The number of rotatable bonds is 3. The van der Waals surface area contributed by atoms with Gasteiger partial charge in [-0.1, -0.05) is 13.8 Å². The number of hydrogen-bond acceptors (Lipinski definition) is 5. The fourth-order valence-corrected chi connectivity index (χ4v) is 2.29. The number of nitrogens with zero attached hydrogens (tertiary/aromatic N) is 4. The van der Waals surface area contributed by atoms with Crippen molar-refractivity contribution in [3.05, 3.63) is 11.9 Å². The largest absolute Gasteiger partial charge is 0.264 e. The summed E-state index contributed by atoms with van der Waals surface area (Å²) >= 11 is 0. The second-order valence-electron chi connectivity index (χ2n) is 4.83. The van der Waals surface area contributed by atoms with E-state index in [0.29, 0.717) is 11.4 Å². The first-order valence-corrected chi connectivity index (χ1v) is 7.57. The highest BCUT2D eigenvalue weighted by Crippen LogP contribution is 2.19. The molecule has 18 heavy (non-hydrogen) atoms. The number of sulfone groups is 1. The van der Waals surface area contributed by atoms with Gasteiger partial charge in [0.1, 0.15) is 11.0 Å². The monoisotopic (exact) mass is 268 g/mol. The van der Waals surface area contributed by atoms with Gasteiger partial charge in [-0.3, -0.25) is 4.68 Å². The van der Waals surface area contributed by atoms with E-state index in [4.69, 9.17) is 0 Å². The minimum Gasteiger partial charge on any atom is -0.264 e. The summed E-state index contributed by atoms with van der Waals surface area (Å²) < 4.78 is 24.6. The molecule has 0 atom stereocenters. The van der Waals surface area contributed by atoms with Crippen LogP contribution >= 0.6 is 0 Å². The van der Waals surface area contributed by atoms with Crippen molar-refractivity contribution in [3.8, 4) is 0 Å². The van der Waals surface area contributed by atoms with Gasteiger partial charge >= 0.3 is 0 Å². The summed E-state index contributed by atoms with van der Waals surface area (Å²) in [5.41, 5.74) is 2.19.